The summed E-state index contributed by atoms with van der Waals surface area (Å²) in [5, 5.41) is 40.5. The number of amides is 2. The second-order valence-corrected chi connectivity index (χ2v) is 11.5. The third-order valence-electron chi connectivity index (χ3n) is 8.97. The van der Waals surface area contributed by atoms with Crippen molar-refractivity contribution in [2.45, 2.75) is 81.6 Å². The smallest absolute Gasteiger partial charge is 0.314 e. The van der Waals surface area contributed by atoms with Crippen molar-refractivity contribution in [3.8, 4) is 0 Å². The molecule has 0 radical (unpaired) electrons. The lowest BCUT2D eigenvalue weighted by molar-refractivity contribution is -0.140. The number of aliphatic hydroxyl groups excluding tert-OH is 2. The van der Waals surface area contributed by atoms with E-state index in [1.807, 2.05) is 6.07 Å². The van der Waals surface area contributed by atoms with Gasteiger partial charge in [0.1, 0.15) is 5.82 Å². The lowest BCUT2D eigenvalue weighted by Crippen LogP contribution is -2.58. The molecule has 3 aromatic rings. The van der Waals surface area contributed by atoms with Crippen molar-refractivity contribution in [2.75, 3.05) is 11.9 Å². The zero-order valence-electron chi connectivity index (χ0n) is 20.9. The zero-order chi connectivity index (χ0) is 25.9. The van der Waals surface area contributed by atoms with E-state index in [1.54, 1.807) is 19.3 Å². The van der Waals surface area contributed by atoms with Crippen molar-refractivity contribution < 1.29 is 24.9 Å². The lowest BCUT2D eigenvalue weighted by Gasteiger charge is -2.59. The molecule has 6 atom stereocenters. The van der Waals surface area contributed by atoms with Crippen molar-refractivity contribution in [1.29, 1.82) is 0 Å². The highest BCUT2D eigenvalue weighted by atomic mass is 16.3. The van der Waals surface area contributed by atoms with Gasteiger partial charge in [-0.05, 0) is 76.2 Å². The second kappa shape index (κ2) is 8.78. The molecule has 3 fully saturated rings. The summed E-state index contributed by atoms with van der Waals surface area (Å²) in [7, 11) is 0. The molecule has 3 aliphatic rings. The van der Waals surface area contributed by atoms with Crippen molar-refractivity contribution in [3.63, 3.8) is 0 Å². The van der Waals surface area contributed by atoms with Gasteiger partial charge in [0, 0.05) is 17.8 Å². The highest BCUT2D eigenvalue weighted by Gasteiger charge is 2.57. The van der Waals surface area contributed by atoms with Crippen molar-refractivity contribution in [3.05, 3.63) is 18.5 Å². The Morgan fingerprint density at radius 3 is 2.84 bits per heavy atom. The molecule has 3 bridgehead atoms. The zero-order valence-corrected chi connectivity index (χ0v) is 20.9. The van der Waals surface area contributed by atoms with E-state index in [1.165, 1.54) is 0 Å². The number of carbonyl (C=O) groups is 2. The standard InChI is InChI=1S/C26H34N6O5/c1-14(34)8-17(13-33)29-23(35)24(36)30-22-19-12-28-21-18(3-7-27-21)20(19)32(31-22)26-4-2-15-9-16(26)11-25(37,10-15)5-6-26/h3,7,12,14-17,31,33-34,37H,2,4-6,8-11,13H2,1H3,(H,29,35)(H,30,36)/t14?,15?,16-,17-,25-,26+/m0/s1. The number of fused-ring (bicyclic) bond motifs is 5. The van der Waals surface area contributed by atoms with Gasteiger partial charge in [-0.25, -0.2) is 9.97 Å². The molecule has 198 valence electrons. The molecule has 3 aliphatic carbocycles. The van der Waals surface area contributed by atoms with Crippen LogP contribution in [0.25, 0.3) is 21.9 Å². The molecule has 2 unspecified atom stereocenters. The van der Waals surface area contributed by atoms with Crippen LogP contribution < -0.4 is 10.6 Å². The summed E-state index contributed by atoms with van der Waals surface area (Å²) in [4.78, 5) is 34.4. The number of aromatic amines is 1. The van der Waals surface area contributed by atoms with Gasteiger partial charge in [0.25, 0.3) is 0 Å². The first-order chi connectivity index (χ1) is 17.7. The van der Waals surface area contributed by atoms with Gasteiger partial charge >= 0.3 is 11.8 Å². The minimum Gasteiger partial charge on any atom is -0.394 e. The molecular formula is C26H34N6O5. The number of carbonyl (C=O) groups excluding carboxylic acids is 2. The summed E-state index contributed by atoms with van der Waals surface area (Å²) in [6.07, 6.45) is 9.06. The quantitative estimate of drug-likeness (QED) is 0.274. The molecule has 11 heteroatoms. The van der Waals surface area contributed by atoms with E-state index in [0.29, 0.717) is 28.7 Å². The Morgan fingerprint density at radius 2 is 2.05 bits per heavy atom. The Bertz CT molecular complexity index is 1370. The first-order valence-electron chi connectivity index (χ1n) is 13.2. The number of aliphatic hydroxyl groups is 3. The molecule has 11 nitrogen and oxygen atoms in total. The van der Waals surface area contributed by atoms with E-state index < -0.39 is 36.2 Å². The van der Waals surface area contributed by atoms with E-state index >= 15 is 0 Å². The Balaban J connectivity index is 1.38. The lowest BCUT2D eigenvalue weighted by atomic mass is 9.52. The summed E-state index contributed by atoms with van der Waals surface area (Å²) < 4.78 is 2.16. The van der Waals surface area contributed by atoms with Crippen LogP contribution in [0.15, 0.2) is 18.5 Å². The predicted molar refractivity (Wildman–Crippen MR) is 136 cm³/mol. The van der Waals surface area contributed by atoms with Gasteiger partial charge in [0.15, 0.2) is 5.65 Å². The van der Waals surface area contributed by atoms with Crippen LogP contribution in [0.1, 0.15) is 58.3 Å². The van der Waals surface area contributed by atoms with Crippen LogP contribution in [-0.2, 0) is 15.1 Å². The molecule has 0 spiro atoms. The third kappa shape index (κ3) is 4.00. The highest BCUT2D eigenvalue weighted by molar-refractivity contribution is 6.40. The van der Waals surface area contributed by atoms with Crippen molar-refractivity contribution >= 4 is 39.6 Å². The summed E-state index contributed by atoms with van der Waals surface area (Å²) in [6.45, 7) is 1.16. The van der Waals surface area contributed by atoms with E-state index in [-0.39, 0.29) is 12.0 Å². The SMILES string of the molecule is CC(O)C[C@@H](CO)NC(=O)C(=O)Nc1[nH]n([C@@]23CCC4C[C@H]2C[C@](O)(CC3)C4)c2c1cnc1nccc12. The van der Waals surface area contributed by atoms with Crippen molar-refractivity contribution in [1.82, 2.24) is 25.1 Å². The van der Waals surface area contributed by atoms with Gasteiger partial charge in [-0.3, -0.25) is 19.4 Å². The first-order valence-corrected chi connectivity index (χ1v) is 13.2. The predicted octanol–water partition coefficient (Wildman–Crippen LogP) is 1.53. The number of rotatable bonds is 6. The van der Waals surface area contributed by atoms with Gasteiger partial charge in [0.05, 0.1) is 40.8 Å². The number of aromatic nitrogens is 4. The molecule has 3 heterocycles. The van der Waals surface area contributed by atoms with Crippen LogP contribution in [-0.4, -0.2) is 71.2 Å². The van der Waals surface area contributed by atoms with Gasteiger partial charge in [-0.2, -0.15) is 0 Å². The summed E-state index contributed by atoms with van der Waals surface area (Å²) in [5.74, 6) is -0.571. The molecule has 0 aliphatic heterocycles. The minimum absolute atomic E-state index is 0.129. The molecular weight excluding hydrogens is 476 g/mol. The van der Waals surface area contributed by atoms with E-state index in [4.69, 9.17) is 0 Å². The van der Waals surface area contributed by atoms with Gasteiger partial charge in [-0.15, -0.1) is 0 Å². The summed E-state index contributed by atoms with van der Waals surface area (Å²) in [5.41, 5.74) is 0.664. The molecule has 6 rings (SSSR count). The van der Waals surface area contributed by atoms with Crippen LogP contribution in [0.5, 0.6) is 0 Å². The third-order valence-corrected chi connectivity index (χ3v) is 8.97. The monoisotopic (exact) mass is 510 g/mol. The highest BCUT2D eigenvalue weighted by Crippen LogP contribution is 2.59. The largest absolute Gasteiger partial charge is 0.394 e. The number of nitrogens with zero attached hydrogens (tertiary/aromatic N) is 3. The fraction of sp³-hybridized carbons (Fsp3) is 0.615. The van der Waals surface area contributed by atoms with Crippen LogP contribution in [0.4, 0.5) is 5.82 Å². The Labute approximate surface area is 213 Å². The molecule has 6 N–H and O–H groups in total. The maximum absolute atomic E-state index is 12.9. The minimum atomic E-state index is -0.897. The van der Waals surface area contributed by atoms with Crippen molar-refractivity contribution in [2.24, 2.45) is 11.8 Å². The summed E-state index contributed by atoms with van der Waals surface area (Å²) >= 11 is 0. The Hall–Kier alpha value is -3.02. The van der Waals surface area contributed by atoms with E-state index in [2.05, 4.69) is 30.4 Å². The maximum Gasteiger partial charge on any atom is 0.314 e. The Kier molecular flexibility index (Phi) is 5.77. The molecule has 2 amide bonds. The molecule has 37 heavy (non-hydrogen) atoms. The maximum atomic E-state index is 12.9. The Morgan fingerprint density at radius 1 is 1.22 bits per heavy atom. The molecule has 3 aromatic heterocycles. The number of hydrogen-bond donors (Lipinski definition) is 6. The van der Waals surface area contributed by atoms with Crippen LogP contribution in [0.2, 0.25) is 0 Å². The fourth-order valence-corrected chi connectivity index (χ4v) is 7.36. The number of pyridine rings is 1. The number of anilines is 1. The summed E-state index contributed by atoms with van der Waals surface area (Å²) in [6, 6.07) is 1.18. The normalized spacial score (nSPS) is 30.4. The van der Waals surface area contributed by atoms with E-state index in [0.717, 1.165) is 55.8 Å². The molecule has 0 aromatic carbocycles. The van der Waals surface area contributed by atoms with Crippen LogP contribution in [0.3, 0.4) is 0 Å². The average Bonchev–Trinajstić information content (AvgIpc) is 3.47. The van der Waals surface area contributed by atoms with Crippen LogP contribution >= 0.6 is 0 Å². The van der Waals surface area contributed by atoms with E-state index in [9.17, 15) is 24.9 Å². The number of nitrogens with one attached hydrogen (secondary N) is 3. The van der Waals surface area contributed by atoms with Gasteiger partial charge < -0.3 is 26.0 Å². The average molecular weight is 511 g/mol. The topological polar surface area (TPSA) is 165 Å². The van der Waals surface area contributed by atoms with Gasteiger partial charge in [-0.1, -0.05) is 0 Å². The molecule has 0 saturated heterocycles. The van der Waals surface area contributed by atoms with Gasteiger partial charge in [0.2, 0.25) is 0 Å². The number of H-pyrrole nitrogens is 1. The fourth-order valence-electron chi connectivity index (χ4n) is 7.36. The molecule has 3 saturated carbocycles. The first kappa shape index (κ1) is 24.3. The second-order valence-electron chi connectivity index (χ2n) is 11.5. The number of hydrogen-bond acceptors (Lipinski definition) is 7. The van der Waals surface area contributed by atoms with Crippen LogP contribution in [0, 0.1) is 11.8 Å².